The number of rotatable bonds is 6. The normalized spacial score (nSPS) is 18.5. The first-order valence-corrected chi connectivity index (χ1v) is 6.86. The van der Waals surface area contributed by atoms with Crippen LogP contribution in [0.2, 0.25) is 0 Å². The number of ether oxygens (including phenoxy) is 1. The minimum atomic E-state index is -0.229. The number of H-pyrrole nitrogens is 1. The zero-order valence-electron chi connectivity index (χ0n) is 11.6. The molecule has 1 atom stereocenters. The van der Waals surface area contributed by atoms with E-state index in [0.29, 0.717) is 17.6 Å². The van der Waals surface area contributed by atoms with Crippen LogP contribution in [0.5, 0.6) is 5.75 Å². The van der Waals surface area contributed by atoms with Gasteiger partial charge < -0.3 is 19.9 Å². The highest BCUT2D eigenvalue weighted by Gasteiger charge is 2.21. The van der Waals surface area contributed by atoms with Crippen molar-refractivity contribution in [1.29, 1.82) is 0 Å². The molecule has 0 spiro atoms. The van der Waals surface area contributed by atoms with Crippen molar-refractivity contribution in [2.45, 2.75) is 32.2 Å². The monoisotopic (exact) mass is 266 g/mol. The van der Waals surface area contributed by atoms with Crippen LogP contribution in [-0.2, 0) is 0 Å². The van der Waals surface area contributed by atoms with Crippen molar-refractivity contribution >= 4 is 5.82 Å². The SMILES string of the molecule is CCCN(CC1CCCN1)c1nc[nH]c(=O)c1OC. The van der Waals surface area contributed by atoms with Gasteiger partial charge in [-0.25, -0.2) is 4.98 Å². The summed E-state index contributed by atoms with van der Waals surface area (Å²) >= 11 is 0. The molecule has 1 aromatic heterocycles. The van der Waals surface area contributed by atoms with E-state index in [0.717, 1.165) is 26.1 Å². The Hall–Kier alpha value is -1.56. The van der Waals surface area contributed by atoms with E-state index in [1.807, 2.05) is 0 Å². The highest BCUT2D eigenvalue weighted by molar-refractivity contribution is 5.50. The summed E-state index contributed by atoms with van der Waals surface area (Å²) in [4.78, 5) is 20.7. The Balaban J connectivity index is 2.22. The van der Waals surface area contributed by atoms with E-state index in [4.69, 9.17) is 4.74 Å². The van der Waals surface area contributed by atoms with E-state index in [1.54, 1.807) is 0 Å². The lowest BCUT2D eigenvalue weighted by Gasteiger charge is -2.27. The van der Waals surface area contributed by atoms with Gasteiger partial charge in [0.1, 0.15) is 0 Å². The fourth-order valence-corrected chi connectivity index (χ4v) is 2.52. The number of aromatic amines is 1. The maximum absolute atomic E-state index is 11.8. The van der Waals surface area contributed by atoms with Gasteiger partial charge in [-0.05, 0) is 25.8 Å². The molecule has 1 aliphatic rings. The molecule has 1 unspecified atom stereocenters. The first-order valence-electron chi connectivity index (χ1n) is 6.86. The topological polar surface area (TPSA) is 70.2 Å². The van der Waals surface area contributed by atoms with Crippen molar-refractivity contribution in [3.05, 3.63) is 16.7 Å². The molecule has 2 heterocycles. The van der Waals surface area contributed by atoms with Gasteiger partial charge in [-0.3, -0.25) is 4.79 Å². The molecule has 106 valence electrons. The van der Waals surface area contributed by atoms with Crippen LogP contribution in [0.1, 0.15) is 26.2 Å². The average Bonchev–Trinajstić information content (AvgIpc) is 2.91. The van der Waals surface area contributed by atoms with Crippen LogP contribution in [0, 0.1) is 0 Å². The Morgan fingerprint density at radius 3 is 3.05 bits per heavy atom. The highest BCUT2D eigenvalue weighted by atomic mass is 16.5. The minimum absolute atomic E-state index is 0.229. The molecule has 0 amide bonds. The number of nitrogens with one attached hydrogen (secondary N) is 2. The Kier molecular flexibility index (Phi) is 4.79. The summed E-state index contributed by atoms with van der Waals surface area (Å²) in [5.41, 5.74) is -0.229. The molecule has 1 fully saturated rings. The van der Waals surface area contributed by atoms with E-state index >= 15 is 0 Å². The first-order chi connectivity index (χ1) is 9.26. The Morgan fingerprint density at radius 1 is 1.58 bits per heavy atom. The van der Waals surface area contributed by atoms with Gasteiger partial charge in [-0.15, -0.1) is 0 Å². The minimum Gasteiger partial charge on any atom is -0.489 e. The predicted molar refractivity (Wildman–Crippen MR) is 74.9 cm³/mol. The lowest BCUT2D eigenvalue weighted by Crippen LogP contribution is -2.39. The second kappa shape index (κ2) is 6.56. The van der Waals surface area contributed by atoms with E-state index < -0.39 is 0 Å². The van der Waals surface area contributed by atoms with Crippen molar-refractivity contribution in [3.63, 3.8) is 0 Å². The van der Waals surface area contributed by atoms with Gasteiger partial charge in [-0.1, -0.05) is 6.92 Å². The molecule has 1 saturated heterocycles. The molecule has 0 aliphatic carbocycles. The second-order valence-corrected chi connectivity index (χ2v) is 4.83. The molecule has 2 rings (SSSR count). The summed E-state index contributed by atoms with van der Waals surface area (Å²) < 4.78 is 5.20. The molecule has 0 aromatic carbocycles. The number of hydrogen-bond donors (Lipinski definition) is 2. The van der Waals surface area contributed by atoms with Crippen molar-refractivity contribution < 1.29 is 4.74 Å². The van der Waals surface area contributed by atoms with Crippen molar-refractivity contribution in [3.8, 4) is 5.75 Å². The highest BCUT2D eigenvalue weighted by Crippen LogP contribution is 2.22. The molecule has 19 heavy (non-hydrogen) atoms. The fourth-order valence-electron chi connectivity index (χ4n) is 2.52. The molecule has 6 nitrogen and oxygen atoms in total. The molecule has 1 aliphatic heterocycles. The van der Waals surface area contributed by atoms with E-state index in [1.165, 1.54) is 26.3 Å². The molecule has 0 radical (unpaired) electrons. The van der Waals surface area contributed by atoms with Gasteiger partial charge in [0.25, 0.3) is 5.56 Å². The van der Waals surface area contributed by atoms with Crippen LogP contribution in [0.4, 0.5) is 5.82 Å². The largest absolute Gasteiger partial charge is 0.489 e. The molecule has 0 saturated carbocycles. The number of anilines is 1. The van der Waals surface area contributed by atoms with Gasteiger partial charge in [0.15, 0.2) is 5.82 Å². The van der Waals surface area contributed by atoms with Gasteiger partial charge in [0, 0.05) is 19.1 Å². The maximum atomic E-state index is 11.8. The van der Waals surface area contributed by atoms with Crippen molar-refractivity contribution in [1.82, 2.24) is 15.3 Å². The number of nitrogens with zero attached hydrogens (tertiary/aromatic N) is 2. The summed E-state index contributed by atoms with van der Waals surface area (Å²) in [5, 5.41) is 3.47. The standard InChI is InChI=1S/C13H22N4O2/c1-3-7-17(8-10-5-4-6-14-10)12-11(19-2)13(18)16-9-15-12/h9-10,14H,3-8H2,1-2H3,(H,15,16,18). The van der Waals surface area contributed by atoms with Gasteiger partial charge in [0.05, 0.1) is 13.4 Å². The fraction of sp³-hybridized carbons (Fsp3) is 0.692. The molecule has 1 aromatic rings. The second-order valence-electron chi connectivity index (χ2n) is 4.83. The van der Waals surface area contributed by atoms with Gasteiger partial charge in [0.2, 0.25) is 5.75 Å². The predicted octanol–water partition coefficient (Wildman–Crippen LogP) is 0.747. The Bertz CT molecular complexity index is 454. The lowest BCUT2D eigenvalue weighted by atomic mass is 10.2. The van der Waals surface area contributed by atoms with Crippen LogP contribution in [0.3, 0.4) is 0 Å². The zero-order valence-corrected chi connectivity index (χ0v) is 11.6. The maximum Gasteiger partial charge on any atom is 0.295 e. The van der Waals surface area contributed by atoms with Crippen molar-refractivity contribution in [2.75, 3.05) is 31.6 Å². The van der Waals surface area contributed by atoms with E-state index in [2.05, 4.69) is 27.1 Å². The molecular formula is C13H22N4O2. The molecule has 6 heteroatoms. The zero-order chi connectivity index (χ0) is 13.7. The lowest BCUT2D eigenvalue weighted by molar-refractivity contribution is 0.404. The number of hydrogen-bond acceptors (Lipinski definition) is 5. The third kappa shape index (κ3) is 3.26. The number of aromatic nitrogens is 2. The quantitative estimate of drug-likeness (QED) is 0.795. The summed E-state index contributed by atoms with van der Waals surface area (Å²) in [5.74, 6) is 0.941. The molecule has 2 N–H and O–H groups in total. The average molecular weight is 266 g/mol. The molecule has 0 bridgehead atoms. The van der Waals surface area contributed by atoms with E-state index in [9.17, 15) is 4.79 Å². The summed E-state index contributed by atoms with van der Waals surface area (Å²) in [6.45, 7) is 4.92. The third-order valence-electron chi connectivity index (χ3n) is 3.39. The summed E-state index contributed by atoms with van der Waals surface area (Å²) in [7, 11) is 1.51. The van der Waals surface area contributed by atoms with Gasteiger partial charge >= 0.3 is 0 Å². The van der Waals surface area contributed by atoms with Gasteiger partial charge in [-0.2, -0.15) is 0 Å². The van der Waals surface area contributed by atoms with Crippen LogP contribution in [0.25, 0.3) is 0 Å². The van der Waals surface area contributed by atoms with E-state index in [-0.39, 0.29) is 5.56 Å². The smallest absolute Gasteiger partial charge is 0.295 e. The summed E-state index contributed by atoms with van der Waals surface area (Å²) in [6, 6.07) is 0.470. The summed E-state index contributed by atoms with van der Waals surface area (Å²) in [6.07, 6.45) is 4.82. The third-order valence-corrected chi connectivity index (χ3v) is 3.39. The first kappa shape index (κ1) is 13.9. The van der Waals surface area contributed by atoms with Crippen molar-refractivity contribution in [2.24, 2.45) is 0 Å². The van der Waals surface area contributed by atoms with Crippen LogP contribution in [0.15, 0.2) is 11.1 Å². The van der Waals surface area contributed by atoms with Crippen LogP contribution >= 0.6 is 0 Å². The molecular weight excluding hydrogens is 244 g/mol. The number of methoxy groups -OCH3 is 1. The Labute approximate surface area is 113 Å². The van der Waals surface area contributed by atoms with Crippen LogP contribution < -0.4 is 20.5 Å². The van der Waals surface area contributed by atoms with Crippen LogP contribution in [-0.4, -0.2) is 42.8 Å². The Morgan fingerprint density at radius 2 is 2.42 bits per heavy atom.